The van der Waals surface area contributed by atoms with Gasteiger partial charge in [0.1, 0.15) is 0 Å². The number of likely N-dealkylation sites (tertiary alicyclic amines) is 1. The summed E-state index contributed by atoms with van der Waals surface area (Å²) in [5.74, 6) is -1.23. The summed E-state index contributed by atoms with van der Waals surface area (Å²) < 4.78 is 39.8. The second kappa shape index (κ2) is 8.46. The van der Waals surface area contributed by atoms with Crippen LogP contribution in [0.1, 0.15) is 24.7 Å². The molecule has 0 radical (unpaired) electrons. The Labute approximate surface area is 160 Å². The molecule has 1 aliphatic rings. The van der Waals surface area contributed by atoms with Crippen molar-refractivity contribution in [2.45, 2.75) is 31.9 Å². The van der Waals surface area contributed by atoms with Crippen LogP contribution in [0.15, 0.2) is 47.4 Å². The quantitative estimate of drug-likeness (QED) is 0.763. The van der Waals surface area contributed by atoms with Gasteiger partial charge in [0.25, 0.3) is 5.56 Å². The average Bonchev–Trinajstić information content (AvgIpc) is 2.67. The lowest BCUT2D eigenvalue weighted by molar-refractivity contribution is -0.185. The number of alkyl halides is 3. The van der Waals surface area contributed by atoms with Gasteiger partial charge in [-0.1, -0.05) is 24.3 Å². The van der Waals surface area contributed by atoms with Gasteiger partial charge in [-0.05, 0) is 43.6 Å². The highest BCUT2D eigenvalue weighted by molar-refractivity contribution is 5.62. The molecule has 3 rings (SSSR count). The second-order valence-electron chi connectivity index (χ2n) is 7.07. The first-order chi connectivity index (χ1) is 13.3. The van der Waals surface area contributed by atoms with Gasteiger partial charge in [-0.25, -0.2) is 0 Å². The topological polar surface area (TPSA) is 65.7 Å². The van der Waals surface area contributed by atoms with E-state index < -0.39 is 18.4 Å². The summed E-state index contributed by atoms with van der Waals surface area (Å²) in [5.41, 5.74) is 1.29. The van der Waals surface area contributed by atoms with Crippen molar-refractivity contribution < 1.29 is 23.4 Å². The second-order valence-corrected chi connectivity index (χ2v) is 7.07. The number of hydrogen-bond acceptors (Lipinski definition) is 4. The van der Waals surface area contributed by atoms with E-state index in [4.69, 9.17) is 10.2 Å². The Morgan fingerprint density at radius 2 is 1.68 bits per heavy atom. The van der Waals surface area contributed by atoms with Crippen LogP contribution >= 0.6 is 0 Å². The minimum Gasteiger partial charge on any atom is -0.364 e. The Morgan fingerprint density at radius 1 is 1.04 bits per heavy atom. The van der Waals surface area contributed by atoms with E-state index in [1.807, 2.05) is 4.90 Å². The summed E-state index contributed by atoms with van der Waals surface area (Å²) >= 11 is 0. The number of benzene rings is 1. The molecular formula is C20H23F3N2O3. The summed E-state index contributed by atoms with van der Waals surface area (Å²) in [5, 5.41) is 18.3. The zero-order valence-corrected chi connectivity index (χ0v) is 15.3. The van der Waals surface area contributed by atoms with Crippen LogP contribution in [0.3, 0.4) is 0 Å². The third-order valence-electron chi connectivity index (χ3n) is 5.25. The lowest BCUT2D eigenvalue weighted by atomic mass is 9.96. The summed E-state index contributed by atoms with van der Waals surface area (Å²) in [6, 6.07) is 9.83. The molecule has 0 spiro atoms. The van der Waals surface area contributed by atoms with Crippen molar-refractivity contribution in [3.05, 3.63) is 58.5 Å². The highest BCUT2D eigenvalue weighted by atomic mass is 19.4. The van der Waals surface area contributed by atoms with Crippen LogP contribution in [0.25, 0.3) is 11.1 Å². The molecule has 0 amide bonds. The molecule has 0 aliphatic carbocycles. The van der Waals surface area contributed by atoms with Gasteiger partial charge in [-0.3, -0.25) is 4.79 Å². The zero-order valence-electron chi connectivity index (χ0n) is 15.3. The van der Waals surface area contributed by atoms with Crippen molar-refractivity contribution in [1.29, 1.82) is 0 Å². The zero-order chi connectivity index (χ0) is 20.3. The minimum atomic E-state index is -4.13. The van der Waals surface area contributed by atoms with E-state index >= 15 is 0 Å². The molecule has 0 bridgehead atoms. The van der Waals surface area contributed by atoms with E-state index in [-0.39, 0.29) is 18.4 Å². The summed E-state index contributed by atoms with van der Waals surface area (Å²) in [6.45, 7) is 1.67. The maximum Gasteiger partial charge on any atom is 0.391 e. The monoisotopic (exact) mass is 396 g/mol. The normalized spacial score (nSPS) is 16.6. The molecular weight excluding hydrogens is 373 g/mol. The largest absolute Gasteiger partial charge is 0.391 e. The number of aromatic nitrogens is 1. The Balaban J connectivity index is 1.65. The van der Waals surface area contributed by atoms with E-state index in [9.17, 15) is 18.0 Å². The Bertz CT molecular complexity index is 839. The van der Waals surface area contributed by atoms with Gasteiger partial charge in [0.2, 0.25) is 0 Å². The molecule has 0 unspecified atom stereocenters. The van der Waals surface area contributed by atoms with Gasteiger partial charge >= 0.3 is 6.18 Å². The summed E-state index contributed by atoms with van der Waals surface area (Å²) in [4.78, 5) is 14.7. The van der Waals surface area contributed by atoms with Crippen LogP contribution in [0.4, 0.5) is 13.2 Å². The van der Waals surface area contributed by atoms with E-state index in [0.717, 1.165) is 0 Å². The Hall–Kier alpha value is -2.16. The maximum absolute atomic E-state index is 12.8. The fraction of sp³-hybridized carbons (Fsp3) is 0.450. The number of pyridine rings is 1. The third-order valence-corrected chi connectivity index (χ3v) is 5.25. The van der Waals surface area contributed by atoms with Crippen molar-refractivity contribution in [3.8, 4) is 11.1 Å². The highest BCUT2D eigenvalue weighted by Crippen LogP contribution is 2.33. The number of rotatable bonds is 5. The first kappa shape index (κ1) is 20.6. The van der Waals surface area contributed by atoms with Crippen molar-refractivity contribution in [2.24, 2.45) is 5.92 Å². The molecule has 8 heteroatoms. The van der Waals surface area contributed by atoms with Gasteiger partial charge in [0, 0.05) is 30.4 Å². The third kappa shape index (κ3) is 4.81. The van der Waals surface area contributed by atoms with Crippen LogP contribution in [0.2, 0.25) is 0 Å². The van der Waals surface area contributed by atoms with Gasteiger partial charge in [0.05, 0.1) is 5.92 Å². The van der Waals surface area contributed by atoms with Crippen molar-refractivity contribution in [2.75, 3.05) is 19.6 Å². The molecule has 2 heterocycles. The summed E-state index contributed by atoms with van der Waals surface area (Å²) in [7, 11) is 0. The molecule has 2 N–H and O–H groups in total. The summed E-state index contributed by atoms with van der Waals surface area (Å²) in [6.07, 6.45) is -3.83. The van der Waals surface area contributed by atoms with Gasteiger partial charge < -0.3 is 19.7 Å². The van der Waals surface area contributed by atoms with Crippen LogP contribution in [0.5, 0.6) is 0 Å². The maximum atomic E-state index is 12.8. The predicted octanol–water partition coefficient (Wildman–Crippen LogP) is 2.77. The molecule has 1 aromatic heterocycles. The highest BCUT2D eigenvalue weighted by Gasteiger charge is 2.40. The molecule has 2 aromatic rings. The van der Waals surface area contributed by atoms with Crippen LogP contribution in [-0.2, 0) is 6.54 Å². The van der Waals surface area contributed by atoms with Crippen molar-refractivity contribution in [1.82, 2.24) is 9.47 Å². The van der Waals surface area contributed by atoms with Crippen molar-refractivity contribution >= 4 is 0 Å². The van der Waals surface area contributed by atoms with Gasteiger partial charge in [-0.2, -0.15) is 13.2 Å². The van der Waals surface area contributed by atoms with E-state index in [2.05, 4.69) is 0 Å². The number of nitrogens with zero attached hydrogens (tertiary/aromatic N) is 2. The van der Waals surface area contributed by atoms with E-state index in [1.54, 1.807) is 47.2 Å². The number of aliphatic hydroxyl groups excluding tert-OH is 1. The smallest absolute Gasteiger partial charge is 0.364 e. The fourth-order valence-electron chi connectivity index (χ4n) is 3.50. The number of hydrogen-bond donors (Lipinski definition) is 2. The molecule has 5 nitrogen and oxygen atoms in total. The van der Waals surface area contributed by atoms with E-state index in [1.165, 1.54) is 0 Å². The molecule has 28 heavy (non-hydrogen) atoms. The SMILES string of the molecule is O=c1c(-c2ccc(C(O)O)cc2)cccn1CCN1CCC(C(F)(F)F)CC1. The van der Waals surface area contributed by atoms with Gasteiger partial charge in [-0.15, -0.1) is 0 Å². The van der Waals surface area contributed by atoms with Gasteiger partial charge in [0.15, 0.2) is 6.29 Å². The van der Waals surface area contributed by atoms with Crippen molar-refractivity contribution in [3.63, 3.8) is 0 Å². The molecule has 1 aromatic carbocycles. The van der Waals surface area contributed by atoms with Crippen LogP contribution in [0, 0.1) is 5.92 Å². The number of aliphatic hydroxyl groups is 2. The molecule has 1 saturated heterocycles. The number of halogens is 3. The van der Waals surface area contributed by atoms with E-state index in [0.29, 0.717) is 42.9 Å². The Morgan fingerprint density at radius 3 is 2.25 bits per heavy atom. The molecule has 1 fully saturated rings. The first-order valence-corrected chi connectivity index (χ1v) is 9.20. The van der Waals surface area contributed by atoms with Crippen LogP contribution in [-0.4, -0.2) is 45.5 Å². The number of piperidine rings is 1. The Kier molecular flexibility index (Phi) is 6.22. The molecule has 0 saturated carbocycles. The molecule has 0 atom stereocenters. The first-order valence-electron chi connectivity index (χ1n) is 9.20. The lowest BCUT2D eigenvalue weighted by Crippen LogP contribution is -2.41. The minimum absolute atomic E-state index is 0.0987. The predicted molar refractivity (Wildman–Crippen MR) is 98.5 cm³/mol. The van der Waals surface area contributed by atoms with Crippen LogP contribution < -0.4 is 5.56 Å². The lowest BCUT2D eigenvalue weighted by Gasteiger charge is -2.32. The fourth-order valence-corrected chi connectivity index (χ4v) is 3.50. The molecule has 152 valence electrons. The molecule has 1 aliphatic heterocycles. The average molecular weight is 396 g/mol. The standard InChI is InChI=1S/C20H23F3N2O3/c21-20(22,23)16-7-10-24(11-8-16)12-13-25-9-1-2-17(18(25)26)14-3-5-15(6-4-14)19(27)28/h1-6,9,16,19,27-28H,7-8,10-13H2.